The molecule has 1 aromatic carbocycles. The Hall–Kier alpha value is -0.550. The van der Waals surface area contributed by atoms with Crippen molar-refractivity contribution in [2.24, 2.45) is 0 Å². The van der Waals surface area contributed by atoms with E-state index in [4.69, 9.17) is 0 Å². The lowest BCUT2D eigenvalue weighted by molar-refractivity contribution is -0.135. The van der Waals surface area contributed by atoms with Crippen molar-refractivity contribution in [2.45, 2.75) is 51.2 Å². The smallest absolute Gasteiger partial charge is 0.314 e. The van der Waals surface area contributed by atoms with Crippen LogP contribution in [0.4, 0.5) is 13.2 Å². The van der Waals surface area contributed by atoms with Gasteiger partial charge in [0.05, 0.1) is 0 Å². The van der Waals surface area contributed by atoms with E-state index in [2.05, 4.69) is 28.2 Å². The highest BCUT2D eigenvalue weighted by Crippen LogP contribution is 2.24. The van der Waals surface area contributed by atoms with E-state index in [1.54, 1.807) is 0 Å². The molecule has 0 saturated carbocycles. The summed E-state index contributed by atoms with van der Waals surface area (Å²) in [4.78, 5) is 0. The minimum atomic E-state index is -4.05. The predicted molar refractivity (Wildman–Crippen MR) is 79.8 cm³/mol. The van der Waals surface area contributed by atoms with E-state index in [9.17, 15) is 13.2 Å². The minimum absolute atomic E-state index is 0.0935. The Kier molecular flexibility index (Phi) is 7.59. The van der Waals surface area contributed by atoms with E-state index in [1.165, 1.54) is 0 Å². The maximum absolute atomic E-state index is 12.2. The van der Waals surface area contributed by atoms with Gasteiger partial charge < -0.3 is 5.32 Å². The molecule has 1 N–H and O–H groups in total. The van der Waals surface area contributed by atoms with Crippen molar-refractivity contribution in [2.75, 3.05) is 6.54 Å². The van der Waals surface area contributed by atoms with Crippen LogP contribution >= 0.6 is 15.9 Å². The molecule has 1 nitrogen and oxygen atoms in total. The number of alkyl halides is 3. The van der Waals surface area contributed by atoms with Gasteiger partial charge in [0.2, 0.25) is 0 Å². The van der Waals surface area contributed by atoms with Crippen molar-refractivity contribution in [3.8, 4) is 0 Å². The Bertz CT molecular complexity index is 393. The molecule has 0 amide bonds. The summed E-state index contributed by atoms with van der Waals surface area (Å²) in [6.07, 6.45) is -2.31. The lowest BCUT2D eigenvalue weighted by Gasteiger charge is -2.19. The molecule has 114 valence electrons. The average molecular weight is 352 g/mol. The fourth-order valence-corrected chi connectivity index (χ4v) is 2.55. The molecule has 0 spiro atoms. The molecule has 1 rings (SSSR count). The molecule has 20 heavy (non-hydrogen) atoms. The molecule has 0 heterocycles. The Labute approximate surface area is 127 Å². The van der Waals surface area contributed by atoms with Gasteiger partial charge in [0.15, 0.2) is 0 Å². The van der Waals surface area contributed by atoms with Gasteiger partial charge in [-0.05, 0) is 43.9 Å². The Morgan fingerprint density at radius 2 is 1.95 bits per heavy atom. The van der Waals surface area contributed by atoms with Crippen LogP contribution < -0.4 is 5.32 Å². The maximum Gasteiger partial charge on any atom is 0.389 e. The first-order valence-electron chi connectivity index (χ1n) is 6.96. The molecule has 1 unspecified atom stereocenters. The van der Waals surface area contributed by atoms with Gasteiger partial charge in [0.1, 0.15) is 0 Å². The highest BCUT2D eigenvalue weighted by atomic mass is 79.9. The molecule has 0 aliphatic carbocycles. The third-order valence-electron chi connectivity index (χ3n) is 3.12. The van der Waals surface area contributed by atoms with Gasteiger partial charge in [0.25, 0.3) is 0 Å². The number of rotatable bonds is 8. The van der Waals surface area contributed by atoms with Crippen molar-refractivity contribution in [1.82, 2.24) is 5.32 Å². The van der Waals surface area contributed by atoms with Crippen LogP contribution in [0.2, 0.25) is 0 Å². The number of benzene rings is 1. The average Bonchev–Trinajstić information content (AvgIpc) is 2.36. The maximum atomic E-state index is 12.2. The van der Waals surface area contributed by atoms with Crippen LogP contribution in [0.1, 0.15) is 38.2 Å². The SMILES string of the molecule is CCCNC(CCCC(F)(F)F)Cc1ccccc1Br. The summed E-state index contributed by atoms with van der Waals surface area (Å²) in [6, 6.07) is 7.95. The molecule has 1 aromatic rings. The highest BCUT2D eigenvalue weighted by molar-refractivity contribution is 9.10. The topological polar surface area (TPSA) is 12.0 Å². The minimum Gasteiger partial charge on any atom is -0.314 e. The first kappa shape index (κ1) is 17.5. The third kappa shape index (κ3) is 7.29. The van der Waals surface area contributed by atoms with E-state index in [0.717, 1.165) is 29.4 Å². The molecule has 0 aromatic heterocycles. The predicted octanol–water partition coefficient (Wildman–Crippen LogP) is 5.09. The van der Waals surface area contributed by atoms with E-state index >= 15 is 0 Å². The molecule has 5 heteroatoms. The molecule has 0 saturated heterocycles. The van der Waals surface area contributed by atoms with Crippen molar-refractivity contribution >= 4 is 15.9 Å². The highest BCUT2D eigenvalue weighted by Gasteiger charge is 2.26. The number of hydrogen-bond acceptors (Lipinski definition) is 1. The van der Waals surface area contributed by atoms with Crippen LogP contribution in [0.15, 0.2) is 28.7 Å². The standard InChI is InChI=1S/C15H21BrF3N/c1-2-10-20-13(7-5-9-15(17,18)19)11-12-6-3-4-8-14(12)16/h3-4,6,8,13,20H,2,5,7,9-11H2,1H3. The summed E-state index contributed by atoms with van der Waals surface area (Å²) in [5.41, 5.74) is 1.13. The molecule has 0 aliphatic heterocycles. The Morgan fingerprint density at radius 3 is 2.55 bits per heavy atom. The van der Waals surface area contributed by atoms with E-state index in [-0.39, 0.29) is 12.5 Å². The van der Waals surface area contributed by atoms with Gasteiger partial charge in [-0.15, -0.1) is 0 Å². The van der Waals surface area contributed by atoms with Crippen LogP contribution in [0.5, 0.6) is 0 Å². The quantitative estimate of drug-likeness (QED) is 0.687. The van der Waals surface area contributed by atoms with E-state index in [1.807, 2.05) is 24.3 Å². The Balaban J connectivity index is 2.53. The monoisotopic (exact) mass is 351 g/mol. The van der Waals surface area contributed by atoms with Gasteiger partial charge in [-0.1, -0.05) is 41.1 Å². The van der Waals surface area contributed by atoms with Gasteiger partial charge in [-0.2, -0.15) is 13.2 Å². The summed E-state index contributed by atoms with van der Waals surface area (Å²) in [6.45, 7) is 2.89. The lowest BCUT2D eigenvalue weighted by atomic mass is 10.0. The van der Waals surface area contributed by atoms with Crippen molar-refractivity contribution in [3.05, 3.63) is 34.3 Å². The van der Waals surface area contributed by atoms with Crippen molar-refractivity contribution in [3.63, 3.8) is 0 Å². The molecular formula is C15H21BrF3N. The van der Waals surface area contributed by atoms with Crippen LogP contribution in [0.25, 0.3) is 0 Å². The van der Waals surface area contributed by atoms with Gasteiger partial charge in [0, 0.05) is 16.9 Å². The second-order valence-electron chi connectivity index (χ2n) is 4.95. The fraction of sp³-hybridized carbons (Fsp3) is 0.600. The molecular weight excluding hydrogens is 331 g/mol. The summed E-state index contributed by atoms with van der Waals surface area (Å²) in [5, 5.41) is 3.34. The number of hydrogen-bond donors (Lipinski definition) is 1. The summed E-state index contributed by atoms with van der Waals surface area (Å²) in [7, 11) is 0. The molecule has 0 aliphatic rings. The second kappa shape index (κ2) is 8.67. The van der Waals surface area contributed by atoms with Gasteiger partial charge in [-0.25, -0.2) is 0 Å². The van der Waals surface area contributed by atoms with Crippen molar-refractivity contribution in [1.29, 1.82) is 0 Å². The number of halogens is 4. The zero-order valence-electron chi connectivity index (χ0n) is 11.6. The van der Waals surface area contributed by atoms with E-state index in [0.29, 0.717) is 6.42 Å². The first-order chi connectivity index (χ1) is 9.42. The normalized spacial score (nSPS) is 13.4. The van der Waals surface area contributed by atoms with Crippen LogP contribution in [-0.2, 0) is 6.42 Å². The lowest BCUT2D eigenvalue weighted by Crippen LogP contribution is -2.32. The van der Waals surface area contributed by atoms with Gasteiger partial charge >= 0.3 is 6.18 Å². The van der Waals surface area contributed by atoms with E-state index < -0.39 is 12.6 Å². The summed E-state index contributed by atoms with van der Waals surface area (Å²) in [5.74, 6) is 0. The largest absolute Gasteiger partial charge is 0.389 e. The van der Waals surface area contributed by atoms with Crippen LogP contribution in [-0.4, -0.2) is 18.8 Å². The Morgan fingerprint density at radius 1 is 1.25 bits per heavy atom. The zero-order chi connectivity index (χ0) is 15.0. The molecule has 1 atom stereocenters. The van der Waals surface area contributed by atoms with Crippen molar-refractivity contribution < 1.29 is 13.2 Å². The van der Waals surface area contributed by atoms with Crippen LogP contribution in [0, 0.1) is 0 Å². The molecule has 0 bridgehead atoms. The molecule has 0 radical (unpaired) electrons. The molecule has 0 fully saturated rings. The van der Waals surface area contributed by atoms with Crippen LogP contribution in [0.3, 0.4) is 0 Å². The third-order valence-corrected chi connectivity index (χ3v) is 3.89. The fourth-order valence-electron chi connectivity index (χ4n) is 2.10. The van der Waals surface area contributed by atoms with Gasteiger partial charge in [-0.3, -0.25) is 0 Å². The zero-order valence-corrected chi connectivity index (χ0v) is 13.2. The second-order valence-corrected chi connectivity index (χ2v) is 5.81. The number of nitrogens with one attached hydrogen (secondary N) is 1. The summed E-state index contributed by atoms with van der Waals surface area (Å²) < 4.78 is 37.7. The summed E-state index contributed by atoms with van der Waals surface area (Å²) >= 11 is 3.49. The first-order valence-corrected chi connectivity index (χ1v) is 7.75.